The SMILES string of the molecule is Cc1ccc(C(=O)OCC(=O)Nc2c(C#N)c(C)c(C)n2Cc2ccco2)s1. The van der Waals surface area contributed by atoms with E-state index in [1.807, 2.05) is 32.9 Å². The van der Waals surface area contributed by atoms with Crippen LogP contribution in [0.3, 0.4) is 0 Å². The van der Waals surface area contributed by atoms with Gasteiger partial charge in [-0.3, -0.25) is 4.79 Å². The van der Waals surface area contributed by atoms with E-state index in [-0.39, 0.29) is 0 Å². The number of ether oxygens (including phenoxy) is 1. The van der Waals surface area contributed by atoms with Crippen molar-refractivity contribution in [3.63, 3.8) is 0 Å². The van der Waals surface area contributed by atoms with E-state index in [2.05, 4.69) is 11.4 Å². The second-order valence-electron chi connectivity index (χ2n) is 6.25. The molecule has 0 saturated carbocycles. The van der Waals surface area contributed by atoms with E-state index in [0.29, 0.717) is 28.6 Å². The molecule has 0 aliphatic rings. The quantitative estimate of drug-likeness (QED) is 0.638. The van der Waals surface area contributed by atoms with Crippen molar-refractivity contribution in [2.24, 2.45) is 0 Å². The largest absolute Gasteiger partial charge is 0.467 e. The number of aryl methyl sites for hydroxylation is 1. The summed E-state index contributed by atoms with van der Waals surface area (Å²) in [5, 5.41) is 12.2. The summed E-state index contributed by atoms with van der Waals surface area (Å²) in [5.74, 6) is -0.0112. The van der Waals surface area contributed by atoms with Crippen LogP contribution in [0.2, 0.25) is 0 Å². The molecule has 0 spiro atoms. The van der Waals surface area contributed by atoms with Crippen LogP contribution in [0.15, 0.2) is 34.9 Å². The zero-order chi connectivity index (χ0) is 20.3. The molecule has 3 rings (SSSR count). The van der Waals surface area contributed by atoms with E-state index in [0.717, 1.165) is 16.1 Å². The molecule has 1 N–H and O–H groups in total. The highest BCUT2D eigenvalue weighted by Gasteiger charge is 2.21. The van der Waals surface area contributed by atoms with E-state index in [1.165, 1.54) is 11.3 Å². The number of carbonyl (C=O) groups excluding carboxylic acids is 2. The molecule has 0 fully saturated rings. The van der Waals surface area contributed by atoms with Crippen LogP contribution in [0, 0.1) is 32.1 Å². The Kier molecular flexibility index (Phi) is 5.66. The fourth-order valence-corrected chi connectivity index (χ4v) is 3.56. The van der Waals surface area contributed by atoms with Gasteiger partial charge in [-0.25, -0.2) is 4.79 Å². The lowest BCUT2D eigenvalue weighted by molar-refractivity contribution is -0.119. The van der Waals surface area contributed by atoms with Crippen molar-refractivity contribution in [1.29, 1.82) is 5.26 Å². The van der Waals surface area contributed by atoms with E-state index >= 15 is 0 Å². The third-order valence-electron chi connectivity index (χ3n) is 4.37. The molecule has 144 valence electrons. The first kappa shape index (κ1) is 19.5. The van der Waals surface area contributed by atoms with Crippen molar-refractivity contribution in [2.75, 3.05) is 11.9 Å². The molecule has 0 radical (unpaired) electrons. The Morgan fingerprint density at radius 2 is 2.07 bits per heavy atom. The standard InChI is InChI=1S/C20H19N3O4S/c1-12-6-7-17(28-12)20(25)27-11-18(24)22-19-16(9-21)13(2)14(3)23(19)10-15-5-4-8-26-15/h4-8H,10-11H2,1-3H3,(H,22,24). The Labute approximate surface area is 166 Å². The topological polar surface area (TPSA) is 97.3 Å². The highest BCUT2D eigenvalue weighted by atomic mass is 32.1. The van der Waals surface area contributed by atoms with E-state index in [4.69, 9.17) is 9.15 Å². The van der Waals surface area contributed by atoms with Gasteiger partial charge in [-0.2, -0.15) is 5.26 Å². The number of rotatable bonds is 6. The van der Waals surface area contributed by atoms with Gasteiger partial charge in [-0.05, 0) is 50.6 Å². The molecule has 7 nitrogen and oxygen atoms in total. The molecule has 0 aliphatic heterocycles. The Hall–Kier alpha value is -3.31. The number of furan rings is 1. The van der Waals surface area contributed by atoms with Gasteiger partial charge in [0.05, 0.1) is 18.4 Å². The number of nitrogens with zero attached hydrogens (tertiary/aromatic N) is 2. The van der Waals surface area contributed by atoms with Crippen LogP contribution in [0.25, 0.3) is 0 Å². The minimum Gasteiger partial charge on any atom is -0.467 e. The van der Waals surface area contributed by atoms with Crippen LogP contribution in [0.4, 0.5) is 5.82 Å². The predicted octanol–water partition coefficient (Wildman–Crippen LogP) is 3.78. The van der Waals surface area contributed by atoms with Crippen molar-refractivity contribution in [1.82, 2.24) is 4.57 Å². The third kappa shape index (κ3) is 4.00. The fourth-order valence-electron chi connectivity index (χ4n) is 2.80. The summed E-state index contributed by atoms with van der Waals surface area (Å²) in [7, 11) is 0. The van der Waals surface area contributed by atoms with Crippen molar-refractivity contribution in [2.45, 2.75) is 27.3 Å². The average molecular weight is 397 g/mol. The normalized spacial score (nSPS) is 10.5. The van der Waals surface area contributed by atoms with Gasteiger partial charge < -0.3 is 19.0 Å². The van der Waals surface area contributed by atoms with Gasteiger partial charge in [0.2, 0.25) is 0 Å². The highest BCUT2D eigenvalue weighted by Crippen LogP contribution is 2.27. The molecule has 0 bridgehead atoms. The Morgan fingerprint density at radius 1 is 1.29 bits per heavy atom. The third-order valence-corrected chi connectivity index (χ3v) is 5.35. The maximum absolute atomic E-state index is 12.4. The van der Waals surface area contributed by atoms with Crippen molar-refractivity contribution < 1.29 is 18.7 Å². The number of nitriles is 1. The second-order valence-corrected chi connectivity index (χ2v) is 7.53. The predicted molar refractivity (Wildman–Crippen MR) is 104 cm³/mol. The zero-order valence-corrected chi connectivity index (χ0v) is 16.6. The highest BCUT2D eigenvalue weighted by molar-refractivity contribution is 7.13. The van der Waals surface area contributed by atoms with Crippen molar-refractivity contribution >= 4 is 29.0 Å². The van der Waals surface area contributed by atoms with Gasteiger partial charge in [-0.15, -0.1) is 11.3 Å². The van der Waals surface area contributed by atoms with Gasteiger partial charge in [0.1, 0.15) is 22.5 Å². The number of thiophene rings is 1. The number of esters is 1. The fraction of sp³-hybridized carbons (Fsp3) is 0.250. The maximum atomic E-state index is 12.4. The number of nitrogens with one attached hydrogen (secondary N) is 1. The zero-order valence-electron chi connectivity index (χ0n) is 15.7. The summed E-state index contributed by atoms with van der Waals surface area (Å²) < 4.78 is 12.3. The summed E-state index contributed by atoms with van der Waals surface area (Å²) >= 11 is 1.30. The first-order valence-electron chi connectivity index (χ1n) is 8.56. The summed E-state index contributed by atoms with van der Waals surface area (Å²) in [6.45, 7) is 5.50. The maximum Gasteiger partial charge on any atom is 0.348 e. The monoisotopic (exact) mass is 397 g/mol. The van der Waals surface area contributed by atoms with Gasteiger partial charge in [0, 0.05) is 10.6 Å². The lowest BCUT2D eigenvalue weighted by atomic mass is 10.2. The molecule has 0 aliphatic carbocycles. The molecule has 8 heteroatoms. The molecule has 0 unspecified atom stereocenters. The Balaban J connectivity index is 1.75. The van der Waals surface area contributed by atoms with E-state index in [1.54, 1.807) is 23.0 Å². The average Bonchev–Trinajstić information content (AvgIpc) is 3.38. The van der Waals surface area contributed by atoms with Crippen molar-refractivity contribution in [3.8, 4) is 6.07 Å². The smallest absolute Gasteiger partial charge is 0.348 e. The first-order chi connectivity index (χ1) is 13.4. The van der Waals surface area contributed by atoms with E-state index < -0.39 is 18.5 Å². The first-order valence-corrected chi connectivity index (χ1v) is 9.38. The summed E-state index contributed by atoms with van der Waals surface area (Å²) in [6.07, 6.45) is 1.57. The lowest BCUT2D eigenvalue weighted by Gasteiger charge is -2.12. The number of anilines is 1. The summed E-state index contributed by atoms with van der Waals surface area (Å²) in [5.41, 5.74) is 1.99. The molecule has 3 aromatic heterocycles. The lowest BCUT2D eigenvalue weighted by Crippen LogP contribution is -2.23. The Bertz CT molecular complexity index is 1050. The summed E-state index contributed by atoms with van der Waals surface area (Å²) in [4.78, 5) is 25.8. The molecule has 0 saturated heterocycles. The molecule has 0 aromatic carbocycles. The van der Waals surface area contributed by atoms with Crippen LogP contribution in [0.1, 0.15) is 37.1 Å². The number of hydrogen-bond donors (Lipinski definition) is 1. The minimum atomic E-state index is -0.549. The number of amides is 1. The molecule has 3 aromatic rings. The number of hydrogen-bond acceptors (Lipinski definition) is 6. The molecular weight excluding hydrogens is 378 g/mol. The molecule has 28 heavy (non-hydrogen) atoms. The molecular formula is C20H19N3O4S. The van der Waals surface area contributed by atoms with Crippen molar-refractivity contribution in [3.05, 3.63) is 62.9 Å². The van der Waals surface area contributed by atoms with Crippen LogP contribution < -0.4 is 5.32 Å². The molecule has 0 atom stereocenters. The van der Waals surface area contributed by atoms with Gasteiger partial charge in [0.15, 0.2) is 6.61 Å². The van der Waals surface area contributed by atoms with Gasteiger partial charge >= 0.3 is 5.97 Å². The number of carbonyl (C=O) groups is 2. The second kappa shape index (κ2) is 8.15. The minimum absolute atomic E-state index is 0.363. The van der Waals surface area contributed by atoms with Gasteiger partial charge in [0.25, 0.3) is 5.91 Å². The van der Waals surface area contributed by atoms with Crippen LogP contribution in [-0.2, 0) is 16.1 Å². The van der Waals surface area contributed by atoms with E-state index in [9.17, 15) is 14.9 Å². The summed E-state index contributed by atoms with van der Waals surface area (Å²) in [6, 6.07) is 9.20. The van der Waals surface area contributed by atoms with Crippen LogP contribution in [-0.4, -0.2) is 23.1 Å². The van der Waals surface area contributed by atoms with Gasteiger partial charge in [-0.1, -0.05) is 0 Å². The van der Waals surface area contributed by atoms with Crippen LogP contribution >= 0.6 is 11.3 Å². The Morgan fingerprint density at radius 3 is 2.68 bits per heavy atom. The molecule has 3 heterocycles. The number of aromatic nitrogens is 1. The molecule has 1 amide bonds. The van der Waals surface area contributed by atoms with Crippen LogP contribution in [0.5, 0.6) is 0 Å².